The fourth-order valence-electron chi connectivity index (χ4n) is 4.92. The molecule has 3 aliphatic heterocycles. The molecule has 29 heavy (non-hydrogen) atoms. The molecule has 3 fully saturated rings. The van der Waals surface area contributed by atoms with E-state index in [2.05, 4.69) is 14.9 Å². The van der Waals surface area contributed by atoms with Crippen molar-refractivity contribution in [1.29, 1.82) is 0 Å². The van der Waals surface area contributed by atoms with Crippen molar-refractivity contribution in [2.24, 2.45) is 11.8 Å². The number of amides is 1. The molecule has 4 atom stereocenters. The number of aryl methyl sites for hydroxylation is 1. The summed E-state index contributed by atoms with van der Waals surface area (Å²) in [4.78, 5) is 22.9. The number of nitrogens with zero attached hydrogens (tertiary/aromatic N) is 2. The molecule has 2 bridgehead atoms. The Morgan fingerprint density at radius 1 is 1.55 bits per heavy atom. The van der Waals surface area contributed by atoms with Gasteiger partial charge in [-0.1, -0.05) is 0 Å². The van der Waals surface area contributed by atoms with Crippen molar-refractivity contribution >= 4 is 22.4 Å². The minimum atomic E-state index is -3.22. The third-order valence-corrected chi connectivity index (χ3v) is 6.82. The van der Waals surface area contributed by atoms with Crippen LogP contribution in [0.3, 0.4) is 0 Å². The molecule has 0 unspecified atom stereocenters. The van der Waals surface area contributed by atoms with Crippen LogP contribution in [0.25, 0.3) is 0 Å². The summed E-state index contributed by atoms with van der Waals surface area (Å²) >= 11 is 0. The number of ether oxygens (including phenoxy) is 1. The topological polar surface area (TPSA) is 142 Å². The maximum absolute atomic E-state index is 12.6. The average Bonchev–Trinajstić information content (AvgIpc) is 3.40. The van der Waals surface area contributed by atoms with Gasteiger partial charge in [-0.25, -0.2) is 13.1 Å². The molecule has 4 rings (SSSR count). The van der Waals surface area contributed by atoms with Gasteiger partial charge < -0.3 is 14.7 Å². The van der Waals surface area contributed by atoms with E-state index in [9.17, 15) is 13.2 Å². The zero-order valence-corrected chi connectivity index (χ0v) is 17.2. The first kappa shape index (κ1) is 21.7. The van der Waals surface area contributed by atoms with Crippen molar-refractivity contribution in [2.75, 3.05) is 25.9 Å². The predicted octanol–water partition coefficient (Wildman–Crippen LogP) is -0.0116. The number of carboxylic acid groups (broad SMARTS) is 1. The van der Waals surface area contributed by atoms with E-state index in [1.807, 2.05) is 11.1 Å². The van der Waals surface area contributed by atoms with Crippen LogP contribution in [0, 0.1) is 11.8 Å². The smallest absolute Gasteiger partial charge is 0.290 e. The molecular weight excluding hydrogens is 400 g/mol. The van der Waals surface area contributed by atoms with Crippen molar-refractivity contribution in [3.8, 4) is 0 Å². The highest BCUT2D eigenvalue weighted by Crippen LogP contribution is 2.54. The Balaban J connectivity index is 0.000000755. The Labute approximate surface area is 170 Å². The van der Waals surface area contributed by atoms with E-state index in [1.54, 1.807) is 6.20 Å². The first-order chi connectivity index (χ1) is 13.8. The van der Waals surface area contributed by atoms with Gasteiger partial charge >= 0.3 is 0 Å². The molecule has 0 aromatic carbocycles. The lowest BCUT2D eigenvalue weighted by Gasteiger charge is -2.29. The number of carbonyl (C=O) groups excluding carboxylic acids is 1. The summed E-state index contributed by atoms with van der Waals surface area (Å²) < 4.78 is 31.8. The Kier molecular flexibility index (Phi) is 6.59. The van der Waals surface area contributed by atoms with E-state index >= 15 is 0 Å². The SMILES string of the molecule is CS(=O)(=O)NC[C@H]1[C@H]2CN(C(=O)CCCc3cn[nH]c3)C[C@]23CC[C@H]1O3.O=CO. The number of hydrogen-bond acceptors (Lipinski definition) is 6. The number of aromatic amines is 1. The number of hydrogen-bond donors (Lipinski definition) is 3. The highest BCUT2D eigenvalue weighted by molar-refractivity contribution is 7.88. The second-order valence-corrected chi connectivity index (χ2v) is 9.82. The van der Waals surface area contributed by atoms with Crippen molar-refractivity contribution in [3.63, 3.8) is 0 Å². The quantitative estimate of drug-likeness (QED) is 0.519. The van der Waals surface area contributed by atoms with Crippen molar-refractivity contribution in [3.05, 3.63) is 18.0 Å². The highest BCUT2D eigenvalue weighted by Gasteiger charge is 2.63. The highest BCUT2D eigenvalue weighted by atomic mass is 32.2. The van der Waals surface area contributed by atoms with E-state index in [0.717, 1.165) is 31.2 Å². The number of sulfonamides is 1. The van der Waals surface area contributed by atoms with Gasteiger partial charge in [0.25, 0.3) is 6.47 Å². The molecule has 0 aliphatic carbocycles. The third kappa shape index (κ3) is 4.96. The van der Waals surface area contributed by atoms with Gasteiger partial charge in [-0.05, 0) is 31.2 Å². The van der Waals surface area contributed by atoms with Gasteiger partial charge in [-0.2, -0.15) is 5.10 Å². The number of likely N-dealkylation sites (tertiary alicyclic amines) is 1. The van der Waals surface area contributed by atoms with Crippen LogP contribution in [0.4, 0.5) is 0 Å². The Morgan fingerprint density at radius 3 is 2.97 bits per heavy atom. The predicted molar refractivity (Wildman–Crippen MR) is 103 cm³/mol. The van der Waals surface area contributed by atoms with E-state index in [1.165, 1.54) is 6.26 Å². The first-order valence-corrected chi connectivity index (χ1v) is 11.6. The largest absolute Gasteiger partial charge is 0.483 e. The van der Waals surface area contributed by atoms with Crippen LogP contribution in [-0.2, 0) is 30.8 Å². The van der Waals surface area contributed by atoms with E-state index in [-0.39, 0.29) is 35.9 Å². The third-order valence-electron chi connectivity index (χ3n) is 6.13. The molecule has 3 N–H and O–H groups in total. The normalized spacial score (nSPS) is 30.0. The number of rotatable bonds is 7. The van der Waals surface area contributed by atoms with E-state index < -0.39 is 10.0 Å². The maximum Gasteiger partial charge on any atom is 0.290 e. The summed E-state index contributed by atoms with van der Waals surface area (Å²) in [7, 11) is -3.22. The minimum absolute atomic E-state index is 0.118. The van der Waals surface area contributed by atoms with Gasteiger partial charge in [-0.3, -0.25) is 14.7 Å². The van der Waals surface area contributed by atoms with E-state index in [0.29, 0.717) is 26.1 Å². The molecule has 0 saturated carbocycles. The molecule has 1 aromatic rings. The minimum Gasteiger partial charge on any atom is -0.483 e. The summed E-state index contributed by atoms with van der Waals surface area (Å²) in [6.07, 6.45) is 9.02. The molecule has 1 amide bonds. The van der Waals surface area contributed by atoms with Gasteiger partial charge in [-0.15, -0.1) is 0 Å². The fourth-order valence-corrected chi connectivity index (χ4v) is 5.41. The van der Waals surface area contributed by atoms with Gasteiger partial charge in [0.1, 0.15) is 0 Å². The molecule has 162 valence electrons. The van der Waals surface area contributed by atoms with Gasteiger partial charge in [0, 0.05) is 37.5 Å². The number of nitrogens with one attached hydrogen (secondary N) is 2. The van der Waals surface area contributed by atoms with Crippen LogP contribution in [0.15, 0.2) is 12.4 Å². The molecule has 1 aromatic heterocycles. The van der Waals surface area contributed by atoms with Crippen LogP contribution in [0.5, 0.6) is 0 Å². The summed E-state index contributed by atoms with van der Waals surface area (Å²) in [5, 5.41) is 13.6. The molecular formula is C18H28N4O6S. The first-order valence-electron chi connectivity index (χ1n) is 9.74. The zero-order valence-electron chi connectivity index (χ0n) is 16.4. The van der Waals surface area contributed by atoms with Crippen molar-refractivity contribution < 1.29 is 27.9 Å². The lowest BCUT2D eigenvalue weighted by molar-refractivity contribution is -0.131. The summed E-state index contributed by atoms with van der Waals surface area (Å²) in [6, 6.07) is 0. The number of carbonyl (C=O) groups is 2. The standard InChI is InChI=1S/C17H26N4O4S.CH2O2/c1-26(23,24)20-9-13-14-10-21(11-17(14)6-5-15(13)25-17)16(22)4-2-3-12-7-18-19-8-12;2-1-3/h7-8,13-15,20H,2-6,9-11H2,1H3,(H,18,19);1H,(H,2,3)/t13-,14+,15+,17+;/m0./s1. The summed E-state index contributed by atoms with van der Waals surface area (Å²) in [6.45, 7) is 1.48. The molecule has 3 aliphatic rings. The maximum atomic E-state index is 12.6. The molecule has 1 spiro atoms. The molecule has 3 saturated heterocycles. The van der Waals surface area contributed by atoms with Crippen molar-refractivity contribution in [1.82, 2.24) is 19.8 Å². The number of H-pyrrole nitrogens is 1. The average molecular weight is 429 g/mol. The van der Waals surface area contributed by atoms with Crippen LogP contribution in [0.1, 0.15) is 31.2 Å². The van der Waals surface area contributed by atoms with Crippen molar-refractivity contribution in [2.45, 2.75) is 43.8 Å². The lowest BCUT2D eigenvalue weighted by Crippen LogP contribution is -2.41. The summed E-state index contributed by atoms with van der Waals surface area (Å²) in [5.41, 5.74) is 0.859. The van der Waals surface area contributed by atoms with Crippen LogP contribution >= 0.6 is 0 Å². The Morgan fingerprint density at radius 2 is 2.31 bits per heavy atom. The van der Waals surface area contributed by atoms with Crippen LogP contribution in [0.2, 0.25) is 0 Å². The van der Waals surface area contributed by atoms with Crippen LogP contribution in [-0.4, -0.2) is 78.6 Å². The van der Waals surface area contributed by atoms with Gasteiger partial charge in [0.15, 0.2) is 0 Å². The fraction of sp³-hybridized carbons (Fsp3) is 0.722. The number of aromatic nitrogens is 2. The molecule has 0 radical (unpaired) electrons. The Hall–Kier alpha value is -1.98. The Bertz CT molecular complexity index is 814. The second kappa shape index (κ2) is 8.80. The van der Waals surface area contributed by atoms with E-state index in [4.69, 9.17) is 14.6 Å². The van der Waals surface area contributed by atoms with Gasteiger partial charge in [0.05, 0.1) is 30.7 Å². The zero-order chi connectivity index (χ0) is 21.1. The molecule has 11 heteroatoms. The lowest BCUT2D eigenvalue weighted by atomic mass is 9.74. The second-order valence-electron chi connectivity index (χ2n) is 7.99. The molecule has 4 heterocycles. The van der Waals surface area contributed by atoms with Crippen LogP contribution < -0.4 is 4.72 Å². The number of fused-ring (bicyclic) bond motifs is 1. The van der Waals surface area contributed by atoms with Gasteiger partial charge in [0.2, 0.25) is 15.9 Å². The monoisotopic (exact) mass is 428 g/mol. The molecule has 10 nitrogen and oxygen atoms in total. The summed E-state index contributed by atoms with van der Waals surface area (Å²) in [5.74, 6) is 0.551.